The van der Waals surface area contributed by atoms with Crippen molar-refractivity contribution in [1.29, 1.82) is 0 Å². The second-order valence-corrected chi connectivity index (χ2v) is 4.17. The molecule has 4 heteroatoms. The van der Waals surface area contributed by atoms with Gasteiger partial charge in [0.25, 0.3) is 0 Å². The van der Waals surface area contributed by atoms with Crippen molar-refractivity contribution in [1.82, 2.24) is 9.78 Å². The van der Waals surface area contributed by atoms with E-state index in [4.69, 9.17) is 0 Å². The molecular formula is C12H14N4. The van der Waals surface area contributed by atoms with E-state index in [-0.39, 0.29) is 0 Å². The minimum Gasteiger partial charge on any atom is -0.379 e. The minimum atomic E-state index is 0.812. The zero-order valence-corrected chi connectivity index (χ0v) is 9.41. The second-order valence-electron chi connectivity index (χ2n) is 4.17. The number of nitrogens with zero attached hydrogens (tertiary/aromatic N) is 2. The molecule has 0 saturated heterocycles. The van der Waals surface area contributed by atoms with Gasteiger partial charge in [-0.1, -0.05) is 6.07 Å². The van der Waals surface area contributed by atoms with Crippen molar-refractivity contribution in [3.63, 3.8) is 0 Å². The van der Waals surface area contributed by atoms with E-state index in [1.54, 1.807) is 0 Å². The first kappa shape index (κ1) is 9.27. The van der Waals surface area contributed by atoms with Crippen LogP contribution in [0.1, 0.15) is 11.1 Å². The Bertz CT molecular complexity index is 542. The molecule has 0 fully saturated rings. The van der Waals surface area contributed by atoms with Crippen LogP contribution in [-0.2, 0) is 13.6 Å². The lowest BCUT2D eigenvalue weighted by Gasteiger charge is -2.10. The molecule has 1 aromatic heterocycles. The van der Waals surface area contributed by atoms with E-state index in [1.807, 2.05) is 17.9 Å². The predicted molar refractivity (Wildman–Crippen MR) is 65.0 cm³/mol. The van der Waals surface area contributed by atoms with Crippen LogP contribution in [0.25, 0.3) is 0 Å². The molecule has 2 aromatic rings. The zero-order valence-electron chi connectivity index (χ0n) is 9.41. The Morgan fingerprint density at radius 1 is 1.31 bits per heavy atom. The molecule has 4 nitrogen and oxygen atoms in total. The van der Waals surface area contributed by atoms with Crippen LogP contribution in [0.15, 0.2) is 24.4 Å². The predicted octanol–water partition coefficient (Wildman–Crippen LogP) is 2.40. The average Bonchev–Trinajstić information content (AvgIpc) is 2.51. The average molecular weight is 214 g/mol. The molecule has 0 bridgehead atoms. The molecule has 0 amide bonds. The molecule has 0 spiro atoms. The zero-order chi connectivity index (χ0) is 11.1. The quantitative estimate of drug-likeness (QED) is 0.707. The van der Waals surface area contributed by atoms with E-state index in [0.29, 0.717) is 0 Å². The van der Waals surface area contributed by atoms with Gasteiger partial charge in [-0.25, -0.2) is 0 Å². The van der Waals surface area contributed by atoms with Crippen LogP contribution >= 0.6 is 0 Å². The number of anilines is 3. The maximum atomic E-state index is 4.24. The number of rotatable bonds is 0. The molecule has 0 radical (unpaired) electrons. The number of nitrogens with one attached hydrogen (secondary N) is 2. The summed E-state index contributed by atoms with van der Waals surface area (Å²) in [5.74, 6) is 1.06. The Morgan fingerprint density at radius 2 is 2.19 bits per heavy atom. The number of benzene rings is 1. The monoisotopic (exact) mass is 214 g/mol. The maximum absolute atomic E-state index is 4.24. The summed E-state index contributed by atoms with van der Waals surface area (Å²) in [7, 11) is 1.95. The van der Waals surface area contributed by atoms with Crippen molar-refractivity contribution in [3.8, 4) is 0 Å². The number of aryl methyl sites for hydroxylation is 2. The van der Waals surface area contributed by atoms with Crippen LogP contribution in [0.5, 0.6) is 0 Å². The van der Waals surface area contributed by atoms with Crippen molar-refractivity contribution >= 4 is 17.2 Å². The Balaban J connectivity index is 2.10. The molecule has 0 unspecified atom stereocenters. The summed E-state index contributed by atoms with van der Waals surface area (Å²) >= 11 is 0. The fraction of sp³-hybridized carbons (Fsp3) is 0.250. The third kappa shape index (κ3) is 1.34. The molecular weight excluding hydrogens is 200 g/mol. The van der Waals surface area contributed by atoms with Crippen molar-refractivity contribution in [2.75, 3.05) is 10.6 Å². The Labute approximate surface area is 94.3 Å². The second kappa shape index (κ2) is 3.27. The molecule has 16 heavy (non-hydrogen) atoms. The molecule has 2 N–H and O–H groups in total. The van der Waals surface area contributed by atoms with E-state index >= 15 is 0 Å². The third-order valence-corrected chi connectivity index (χ3v) is 2.91. The number of aromatic nitrogens is 2. The van der Waals surface area contributed by atoms with Gasteiger partial charge in [0, 0.05) is 19.2 Å². The van der Waals surface area contributed by atoms with Gasteiger partial charge < -0.3 is 10.6 Å². The number of fused-ring (bicyclic) bond motifs is 2. The highest BCUT2D eigenvalue weighted by Gasteiger charge is 2.15. The SMILES string of the molecule is Cc1ccc2c(c1)NCc1cnn(C)c1N2. The van der Waals surface area contributed by atoms with Gasteiger partial charge in [-0.15, -0.1) is 0 Å². The van der Waals surface area contributed by atoms with Gasteiger partial charge in [0.2, 0.25) is 0 Å². The van der Waals surface area contributed by atoms with Crippen LogP contribution < -0.4 is 10.6 Å². The van der Waals surface area contributed by atoms with Gasteiger partial charge in [0.15, 0.2) is 0 Å². The van der Waals surface area contributed by atoms with E-state index in [1.165, 1.54) is 11.1 Å². The highest BCUT2D eigenvalue weighted by molar-refractivity contribution is 5.77. The topological polar surface area (TPSA) is 41.9 Å². The van der Waals surface area contributed by atoms with E-state index in [2.05, 4.69) is 40.9 Å². The molecule has 1 aromatic carbocycles. The molecule has 0 saturated carbocycles. The molecule has 1 aliphatic heterocycles. The molecule has 2 heterocycles. The molecule has 0 atom stereocenters. The largest absolute Gasteiger partial charge is 0.379 e. The molecule has 1 aliphatic rings. The first-order valence-electron chi connectivity index (χ1n) is 5.36. The van der Waals surface area contributed by atoms with Crippen molar-refractivity contribution < 1.29 is 0 Å². The summed E-state index contributed by atoms with van der Waals surface area (Å²) in [6.45, 7) is 2.91. The van der Waals surface area contributed by atoms with Gasteiger partial charge in [-0.3, -0.25) is 4.68 Å². The summed E-state index contributed by atoms with van der Waals surface area (Å²) in [5.41, 5.74) is 4.71. The fourth-order valence-corrected chi connectivity index (χ4v) is 2.00. The lowest BCUT2D eigenvalue weighted by molar-refractivity contribution is 0.776. The minimum absolute atomic E-state index is 0.812. The first-order valence-corrected chi connectivity index (χ1v) is 5.36. The fourth-order valence-electron chi connectivity index (χ4n) is 2.00. The van der Waals surface area contributed by atoms with E-state index < -0.39 is 0 Å². The molecule has 82 valence electrons. The summed E-state index contributed by atoms with van der Waals surface area (Å²) in [5, 5.41) is 11.1. The van der Waals surface area contributed by atoms with E-state index in [9.17, 15) is 0 Å². The Hall–Kier alpha value is -1.97. The van der Waals surface area contributed by atoms with Crippen LogP contribution in [0.2, 0.25) is 0 Å². The highest BCUT2D eigenvalue weighted by atomic mass is 15.3. The Kier molecular flexibility index (Phi) is 1.89. The van der Waals surface area contributed by atoms with Gasteiger partial charge in [0.1, 0.15) is 5.82 Å². The third-order valence-electron chi connectivity index (χ3n) is 2.91. The summed E-state index contributed by atoms with van der Waals surface area (Å²) in [4.78, 5) is 0. The van der Waals surface area contributed by atoms with Crippen molar-refractivity contribution in [2.24, 2.45) is 7.05 Å². The normalized spacial score (nSPS) is 13.1. The first-order chi connectivity index (χ1) is 7.74. The maximum Gasteiger partial charge on any atom is 0.133 e. The van der Waals surface area contributed by atoms with Crippen molar-refractivity contribution in [3.05, 3.63) is 35.5 Å². The summed E-state index contributed by atoms with van der Waals surface area (Å²) in [6, 6.07) is 6.36. The highest BCUT2D eigenvalue weighted by Crippen LogP contribution is 2.31. The molecule has 3 rings (SSSR count). The number of hydrogen-bond donors (Lipinski definition) is 2. The lowest BCUT2D eigenvalue weighted by atomic mass is 10.2. The number of hydrogen-bond acceptors (Lipinski definition) is 3. The van der Waals surface area contributed by atoms with Gasteiger partial charge in [-0.2, -0.15) is 5.10 Å². The van der Waals surface area contributed by atoms with E-state index in [0.717, 1.165) is 23.7 Å². The van der Waals surface area contributed by atoms with Gasteiger partial charge >= 0.3 is 0 Å². The lowest BCUT2D eigenvalue weighted by Crippen LogP contribution is -1.99. The Morgan fingerprint density at radius 3 is 3.06 bits per heavy atom. The van der Waals surface area contributed by atoms with Crippen LogP contribution in [0.4, 0.5) is 17.2 Å². The van der Waals surface area contributed by atoms with Crippen molar-refractivity contribution in [2.45, 2.75) is 13.5 Å². The van der Waals surface area contributed by atoms with Crippen LogP contribution in [0.3, 0.4) is 0 Å². The standard InChI is InChI=1S/C12H14N4/c1-8-3-4-10-11(5-8)13-6-9-7-14-16(2)12(9)15-10/h3-5,7,13,15H,6H2,1-2H3. The van der Waals surface area contributed by atoms with Gasteiger partial charge in [-0.05, 0) is 24.6 Å². The summed E-state index contributed by atoms with van der Waals surface area (Å²) in [6.07, 6.45) is 1.90. The summed E-state index contributed by atoms with van der Waals surface area (Å²) < 4.78 is 1.87. The van der Waals surface area contributed by atoms with Gasteiger partial charge in [0.05, 0.1) is 17.6 Å². The van der Waals surface area contributed by atoms with Crippen LogP contribution in [0, 0.1) is 6.92 Å². The molecule has 0 aliphatic carbocycles. The smallest absolute Gasteiger partial charge is 0.133 e. The van der Waals surface area contributed by atoms with Crippen LogP contribution in [-0.4, -0.2) is 9.78 Å².